The number of amides is 1. The average Bonchev–Trinajstić information content (AvgIpc) is 3.11. The summed E-state index contributed by atoms with van der Waals surface area (Å²) in [5.41, 5.74) is 1.56. The third kappa shape index (κ3) is 2.83. The minimum absolute atomic E-state index is 0.0250. The number of rotatable bonds is 5. The molecule has 152 valence electrons. The molecule has 1 amide bonds. The Labute approximate surface area is 169 Å². The van der Waals surface area contributed by atoms with Crippen LogP contribution in [0, 0.1) is 17.3 Å². The molecular formula is C24H34N2O2. The summed E-state index contributed by atoms with van der Waals surface area (Å²) in [4.78, 5) is 16.0. The Morgan fingerprint density at radius 1 is 1.18 bits per heavy atom. The van der Waals surface area contributed by atoms with Crippen molar-refractivity contribution in [3.63, 3.8) is 0 Å². The monoisotopic (exact) mass is 382 g/mol. The molecule has 4 saturated carbocycles. The number of carbonyl (C=O) groups is 1. The van der Waals surface area contributed by atoms with Gasteiger partial charge in [-0.3, -0.25) is 9.69 Å². The van der Waals surface area contributed by atoms with Crippen LogP contribution in [0.5, 0.6) is 0 Å². The first-order valence-electron chi connectivity index (χ1n) is 11.1. The molecule has 4 bridgehead atoms. The van der Waals surface area contributed by atoms with Crippen molar-refractivity contribution in [3.8, 4) is 0 Å². The van der Waals surface area contributed by atoms with E-state index < -0.39 is 0 Å². The van der Waals surface area contributed by atoms with E-state index in [1.165, 1.54) is 24.8 Å². The molecule has 1 aliphatic heterocycles. The van der Waals surface area contributed by atoms with Crippen LogP contribution in [0.1, 0.15) is 51.5 Å². The van der Waals surface area contributed by atoms with Crippen LogP contribution in [-0.4, -0.2) is 49.2 Å². The third-order valence-electron chi connectivity index (χ3n) is 8.41. The maximum Gasteiger partial charge on any atom is 0.226 e. The Kier molecular flexibility index (Phi) is 4.37. The van der Waals surface area contributed by atoms with Crippen LogP contribution in [0.3, 0.4) is 0 Å². The minimum atomic E-state index is -0.125. The van der Waals surface area contributed by atoms with Gasteiger partial charge in [0.25, 0.3) is 0 Å². The van der Waals surface area contributed by atoms with Crippen molar-refractivity contribution in [1.29, 1.82) is 0 Å². The second-order valence-electron chi connectivity index (χ2n) is 10.5. The number of hydrogen-bond acceptors (Lipinski definition) is 3. The number of carbonyl (C=O) groups excluding carboxylic acids is 1. The molecule has 1 N–H and O–H groups in total. The van der Waals surface area contributed by atoms with E-state index in [-0.39, 0.29) is 16.4 Å². The van der Waals surface area contributed by atoms with Gasteiger partial charge in [0.2, 0.25) is 5.91 Å². The van der Waals surface area contributed by atoms with Gasteiger partial charge in [0.15, 0.2) is 0 Å². The zero-order valence-electron chi connectivity index (χ0n) is 17.4. The molecule has 4 unspecified atom stereocenters. The maximum atomic E-state index is 13.6. The van der Waals surface area contributed by atoms with Crippen molar-refractivity contribution >= 4 is 5.91 Å². The summed E-state index contributed by atoms with van der Waals surface area (Å²) < 4.78 is 5.50. The predicted octanol–water partition coefficient (Wildman–Crippen LogP) is 3.36. The SMILES string of the molecule is CC(C)(CNC(=O)C12CC3CC1CC(c1ccccc1)(C3)C2)N1CCOCC1. The van der Waals surface area contributed by atoms with E-state index in [9.17, 15) is 4.79 Å². The van der Waals surface area contributed by atoms with Crippen LogP contribution < -0.4 is 5.32 Å². The number of benzene rings is 1. The van der Waals surface area contributed by atoms with Crippen molar-refractivity contribution in [2.45, 2.75) is 56.9 Å². The number of nitrogens with zero attached hydrogens (tertiary/aromatic N) is 1. The fraction of sp³-hybridized carbons (Fsp3) is 0.708. The molecule has 4 atom stereocenters. The van der Waals surface area contributed by atoms with Crippen molar-refractivity contribution in [2.75, 3.05) is 32.8 Å². The lowest BCUT2D eigenvalue weighted by atomic mass is 9.63. The summed E-state index contributed by atoms with van der Waals surface area (Å²) in [6.45, 7) is 8.73. The molecule has 4 heteroatoms. The first kappa shape index (κ1) is 18.6. The maximum absolute atomic E-state index is 13.6. The van der Waals surface area contributed by atoms with E-state index in [1.54, 1.807) is 0 Å². The molecule has 28 heavy (non-hydrogen) atoms. The summed E-state index contributed by atoms with van der Waals surface area (Å²) in [6.07, 6.45) is 5.90. The Morgan fingerprint density at radius 3 is 2.68 bits per heavy atom. The highest BCUT2D eigenvalue weighted by atomic mass is 16.5. The normalized spacial score (nSPS) is 37.4. The summed E-state index contributed by atoms with van der Waals surface area (Å²) in [5, 5.41) is 3.41. The van der Waals surface area contributed by atoms with Gasteiger partial charge >= 0.3 is 0 Å². The topological polar surface area (TPSA) is 41.6 Å². The Morgan fingerprint density at radius 2 is 1.93 bits per heavy atom. The lowest BCUT2D eigenvalue weighted by molar-refractivity contribution is -0.133. The first-order valence-corrected chi connectivity index (χ1v) is 11.1. The highest BCUT2D eigenvalue weighted by Gasteiger charge is 2.67. The molecule has 4 nitrogen and oxygen atoms in total. The zero-order valence-corrected chi connectivity index (χ0v) is 17.4. The van der Waals surface area contributed by atoms with E-state index in [4.69, 9.17) is 4.74 Å². The molecule has 5 aliphatic rings. The van der Waals surface area contributed by atoms with Gasteiger partial charge in [-0.1, -0.05) is 30.3 Å². The van der Waals surface area contributed by atoms with Gasteiger partial charge in [0.1, 0.15) is 0 Å². The standard InChI is InChI=1S/C24H34N2O2/c1-22(2,26-8-10-28-11-9-26)17-25-21(27)24-14-18-12-20(24)15-23(13-18,16-24)19-6-4-3-5-7-19/h3-7,18,20H,8-17H2,1-2H3,(H,25,27). The third-order valence-corrected chi connectivity index (χ3v) is 8.41. The quantitative estimate of drug-likeness (QED) is 0.849. The molecule has 6 rings (SSSR count). The summed E-state index contributed by atoms with van der Waals surface area (Å²) >= 11 is 0. The second-order valence-corrected chi connectivity index (χ2v) is 10.5. The van der Waals surface area contributed by atoms with E-state index in [0.29, 0.717) is 11.8 Å². The Balaban J connectivity index is 1.32. The fourth-order valence-electron chi connectivity index (χ4n) is 7.14. The van der Waals surface area contributed by atoms with Crippen LogP contribution >= 0.6 is 0 Å². The molecular weight excluding hydrogens is 348 g/mol. The second kappa shape index (κ2) is 6.56. The molecule has 0 spiro atoms. The average molecular weight is 383 g/mol. The van der Waals surface area contributed by atoms with Crippen molar-refractivity contribution in [3.05, 3.63) is 35.9 Å². The molecule has 1 saturated heterocycles. The van der Waals surface area contributed by atoms with Crippen LogP contribution in [0.15, 0.2) is 30.3 Å². The number of hydrogen-bond donors (Lipinski definition) is 1. The zero-order chi connectivity index (χ0) is 19.4. The Bertz CT molecular complexity index is 742. The lowest BCUT2D eigenvalue weighted by Crippen LogP contribution is -2.57. The van der Waals surface area contributed by atoms with Crippen molar-refractivity contribution in [2.24, 2.45) is 17.3 Å². The number of nitrogens with one attached hydrogen (secondary N) is 1. The van der Waals surface area contributed by atoms with E-state index in [0.717, 1.165) is 51.6 Å². The molecule has 0 aromatic heterocycles. The van der Waals surface area contributed by atoms with Crippen molar-refractivity contribution in [1.82, 2.24) is 10.2 Å². The van der Waals surface area contributed by atoms with E-state index >= 15 is 0 Å². The highest BCUT2D eigenvalue weighted by molar-refractivity contribution is 5.84. The predicted molar refractivity (Wildman–Crippen MR) is 110 cm³/mol. The van der Waals surface area contributed by atoms with Crippen LogP contribution in [0.2, 0.25) is 0 Å². The first-order chi connectivity index (χ1) is 13.4. The number of morpholine rings is 1. The summed E-state index contributed by atoms with van der Waals surface area (Å²) in [6, 6.07) is 11.0. The molecule has 4 aliphatic carbocycles. The molecule has 5 fully saturated rings. The molecule has 1 heterocycles. The van der Waals surface area contributed by atoms with E-state index in [2.05, 4.69) is 54.4 Å². The Hall–Kier alpha value is -1.39. The van der Waals surface area contributed by atoms with Crippen molar-refractivity contribution < 1.29 is 9.53 Å². The number of ether oxygens (including phenoxy) is 1. The minimum Gasteiger partial charge on any atom is -0.379 e. The van der Waals surface area contributed by atoms with E-state index in [1.807, 2.05) is 0 Å². The lowest BCUT2D eigenvalue weighted by Gasteiger charge is -2.43. The smallest absolute Gasteiger partial charge is 0.226 e. The van der Waals surface area contributed by atoms with Gasteiger partial charge in [-0.2, -0.15) is 0 Å². The molecule has 1 aromatic carbocycles. The molecule has 1 aromatic rings. The summed E-state index contributed by atoms with van der Waals surface area (Å²) in [7, 11) is 0. The van der Waals surface area contributed by atoms with Gasteiger partial charge in [0.05, 0.1) is 18.6 Å². The van der Waals surface area contributed by atoms with Gasteiger partial charge in [0, 0.05) is 25.2 Å². The van der Waals surface area contributed by atoms with Gasteiger partial charge < -0.3 is 10.1 Å². The molecule has 0 radical (unpaired) electrons. The highest BCUT2D eigenvalue weighted by Crippen LogP contribution is 2.70. The van der Waals surface area contributed by atoms with Gasteiger partial charge in [-0.15, -0.1) is 0 Å². The van der Waals surface area contributed by atoms with Crippen LogP contribution in [0.4, 0.5) is 0 Å². The summed E-state index contributed by atoms with van der Waals surface area (Å²) in [5.74, 6) is 1.63. The van der Waals surface area contributed by atoms with Gasteiger partial charge in [-0.25, -0.2) is 0 Å². The fourth-order valence-corrected chi connectivity index (χ4v) is 7.14. The largest absolute Gasteiger partial charge is 0.379 e. The van der Waals surface area contributed by atoms with Crippen LogP contribution in [-0.2, 0) is 14.9 Å². The van der Waals surface area contributed by atoms with Crippen LogP contribution in [0.25, 0.3) is 0 Å². The van der Waals surface area contributed by atoms with Gasteiger partial charge in [-0.05, 0) is 68.8 Å².